The minimum atomic E-state index is -3.82. The van der Waals surface area contributed by atoms with E-state index in [-0.39, 0.29) is 13.2 Å². The number of carbonyl (C=O) groups is 1. The molecule has 1 heterocycles. The van der Waals surface area contributed by atoms with E-state index < -0.39 is 34.0 Å². The highest BCUT2D eigenvalue weighted by Crippen LogP contribution is 2.29. The molecule has 1 amide bonds. The Bertz CT molecular complexity index is 820. The normalized spacial score (nSPS) is 20.1. The van der Waals surface area contributed by atoms with Gasteiger partial charge in [0.15, 0.2) is 0 Å². The van der Waals surface area contributed by atoms with E-state index in [1.807, 2.05) is 0 Å². The Balaban J connectivity index is 2.34. The number of benzene rings is 1. The molecule has 30 heavy (non-hydrogen) atoms. The van der Waals surface area contributed by atoms with Gasteiger partial charge in [0.1, 0.15) is 11.4 Å². The van der Waals surface area contributed by atoms with Crippen molar-refractivity contribution in [2.75, 3.05) is 34.4 Å². The molecule has 1 fully saturated rings. The van der Waals surface area contributed by atoms with Gasteiger partial charge in [-0.15, -0.1) is 0 Å². The van der Waals surface area contributed by atoms with Gasteiger partial charge in [-0.05, 0) is 44.9 Å². The lowest BCUT2D eigenvalue weighted by molar-refractivity contribution is 0.0136. The standard InChI is InChI=1S/C20H33N3O6S/c1-20(2,3)29-19(25)22-12-11-17(18(22)14-24)23(30(26,27)21(4)5)13-15-7-9-16(28-6)10-8-15/h7-10,17-18,24H,11-14H2,1-6H3. The van der Waals surface area contributed by atoms with Crippen LogP contribution < -0.4 is 4.74 Å². The summed E-state index contributed by atoms with van der Waals surface area (Å²) >= 11 is 0. The maximum atomic E-state index is 13.1. The summed E-state index contributed by atoms with van der Waals surface area (Å²) in [6.07, 6.45) is -0.163. The second kappa shape index (κ2) is 9.51. The van der Waals surface area contributed by atoms with Crippen LogP contribution in [0.25, 0.3) is 0 Å². The third kappa shape index (κ3) is 5.63. The molecule has 1 aliphatic rings. The SMILES string of the molecule is COc1ccc(CN(C2CCN(C(=O)OC(C)(C)C)C2CO)S(=O)(=O)N(C)C)cc1. The number of ether oxygens (including phenoxy) is 2. The second-order valence-corrected chi connectivity index (χ2v) is 10.6. The first kappa shape index (κ1) is 24.4. The van der Waals surface area contributed by atoms with Crippen molar-refractivity contribution in [1.82, 2.24) is 13.5 Å². The molecule has 1 aliphatic heterocycles. The predicted molar refractivity (Wildman–Crippen MR) is 113 cm³/mol. The Hall–Kier alpha value is -1.88. The predicted octanol–water partition coefficient (Wildman–Crippen LogP) is 1.67. The van der Waals surface area contributed by atoms with Crippen molar-refractivity contribution in [2.24, 2.45) is 0 Å². The van der Waals surface area contributed by atoms with E-state index in [0.29, 0.717) is 18.7 Å². The molecule has 1 N–H and O–H groups in total. The van der Waals surface area contributed by atoms with Gasteiger partial charge in [-0.1, -0.05) is 12.1 Å². The Morgan fingerprint density at radius 3 is 2.30 bits per heavy atom. The first-order valence-corrected chi connectivity index (χ1v) is 11.2. The number of aliphatic hydroxyl groups excluding tert-OH is 1. The zero-order valence-electron chi connectivity index (χ0n) is 18.5. The average molecular weight is 444 g/mol. The number of hydrogen-bond acceptors (Lipinski definition) is 6. The van der Waals surface area contributed by atoms with Crippen LogP contribution in [0.5, 0.6) is 5.75 Å². The molecule has 2 unspecified atom stereocenters. The Morgan fingerprint density at radius 2 is 1.83 bits per heavy atom. The van der Waals surface area contributed by atoms with E-state index >= 15 is 0 Å². The molecule has 0 saturated carbocycles. The van der Waals surface area contributed by atoms with Gasteiger partial charge in [0.25, 0.3) is 10.2 Å². The molecule has 1 aromatic rings. The van der Waals surface area contributed by atoms with Gasteiger partial charge in [-0.25, -0.2) is 4.79 Å². The number of aliphatic hydroxyl groups is 1. The van der Waals surface area contributed by atoms with Crippen LogP contribution in [0.2, 0.25) is 0 Å². The quantitative estimate of drug-likeness (QED) is 0.688. The highest BCUT2D eigenvalue weighted by molar-refractivity contribution is 7.86. The Kier molecular flexibility index (Phi) is 7.73. The van der Waals surface area contributed by atoms with Crippen molar-refractivity contribution in [1.29, 1.82) is 0 Å². The molecule has 9 nitrogen and oxygen atoms in total. The molecule has 1 aromatic carbocycles. The third-order valence-electron chi connectivity index (χ3n) is 4.95. The minimum Gasteiger partial charge on any atom is -0.497 e. The highest BCUT2D eigenvalue weighted by atomic mass is 32.2. The number of rotatable bonds is 7. The molecule has 2 atom stereocenters. The van der Waals surface area contributed by atoms with E-state index in [1.165, 1.54) is 23.3 Å². The lowest BCUT2D eigenvalue weighted by Gasteiger charge is -2.35. The first-order valence-electron chi connectivity index (χ1n) is 9.83. The molecule has 0 spiro atoms. The van der Waals surface area contributed by atoms with Crippen molar-refractivity contribution in [3.8, 4) is 5.75 Å². The molecule has 0 bridgehead atoms. The van der Waals surface area contributed by atoms with Crippen LogP contribution >= 0.6 is 0 Å². The molecule has 0 radical (unpaired) electrons. The molecule has 0 aliphatic carbocycles. The molecule has 170 valence electrons. The van der Waals surface area contributed by atoms with Crippen molar-refractivity contribution < 1.29 is 27.8 Å². The molecule has 2 rings (SSSR count). The number of methoxy groups -OCH3 is 1. The van der Waals surface area contributed by atoms with Crippen LogP contribution in [-0.2, 0) is 21.5 Å². The van der Waals surface area contributed by atoms with Gasteiger partial charge in [0.2, 0.25) is 0 Å². The average Bonchev–Trinajstić information content (AvgIpc) is 3.08. The van der Waals surface area contributed by atoms with E-state index in [0.717, 1.165) is 9.87 Å². The third-order valence-corrected chi connectivity index (χ3v) is 6.87. The monoisotopic (exact) mass is 443 g/mol. The summed E-state index contributed by atoms with van der Waals surface area (Å²) in [5, 5.41) is 10.0. The van der Waals surface area contributed by atoms with Crippen LogP contribution in [-0.4, -0.2) is 85.2 Å². The summed E-state index contributed by atoms with van der Waals surface area (Å²) in [5.41, 5.74) is 0.0850. The zero-order chi connectivity index (χ0) is 22.7. The van der Waals surface area contributed by atoms with Crippen molar-refractivity contribution in [2.45, 2.75) is 51.4 Å². The fourth-order valence-electron chi connectivity index (χ4n) is 3.43. The summed E-state index contributed by atoms with van der Waals surface area (Å²) in [7, 11) is 0.671. The van der Waals surface area contributed by atoms with E-state index in [9.17, 15) is 18.3 Å². The number of hydrogen-bond donors (Lipinski definition) is 1. The number of nitrogens with zero attached hydrogens (tertiary/aromatic N) is 3. The van der Waals surface area contributed by atoms with Crippen LogP contribution in [0.1, 0.15) is 32.8 Å². The van der Waals surface area contributed by atoms with Gasteiger partial charge < -0.3 is 19.5 Å². The fourth-order valence-corrected chi connectivity index (χ4v) is 4.75. The molecule has 10 heteroatoms. The molecular weight excluding hydrogens is 410 g/mol. The summed E-state index contributed by atoms with van der Waals surface area (Å²) < 4.78 is 39.3. The maximum Gasteiger partial charge on any atom is 0.410 e. The number of amides is 1. The lowest BCUT2D eigenvalue weighted by atomic mass is 10.1. The van der Waals surface area contributed by atoms with Gasteiger partial charge in [-0.2, -0.15) is 17.0 Å². The van der Waals surface area contributed by atoms with E-state index in [1.54, 1.807) is 52.1 Å². The van der Waals surface area contributed by atoms with Gasteiger partial charge in [0, 0.05) is 27.2 Å². The second-order valence-electron chi connectivity index (χ2n) is 8.46. The minimum absolute atomic E-state index is 0.105. The zero-order valence-corrected chi connectivity index (χ0v) is 19.3. The van der Waals surface area contributed by atoms with Crippen LogP contribution in [0.15, 0.2) is 24.3 Å². The summed E-state index contributed by atoms with van der Waals surface area (Å²) in [5.74, 6) is 0.672. The van der Waals surface area contributed by atoms with Crippen molar-refractivity contribution in [3.63, 3.8) is 0 Å². The highest BCUT2D eigenvalue weighted by Gasteiger charge is 2.45. The van der Waals surface area contributed by atoms with Crippen LogP contribution in [0.3, 0.4) is 0 Å². The van der Waals surface area contributed by atoms with Gasteiger partial charge in [-0.3, -0.25) is 0 Å². The van der Waals surface area contributed by atoms with Crippen molar-refractivity contribution in [3.05, 3.63) is 29.8 Å². The fraction of sp³-hybridized carbons (Fsp3) is 0.650. The summed E-state index contributed by atoms with van der Waals surface area (Å²) in [6.45, 7) is 5.32. The maximum absolute atomic E-state index is 13.1. The Morgan fingerprint density at radius 1 is 1.23 bits per heavy atom. The summed E-state index contributed by atoms with van der Waals surface area (Å²) in [6, 6.07) is 5.84. The smallest absolute Gasteiger partial charge is 0.410 e. The number of likely N-dealkylation sites (tertiary alicyclic amines) is 1. The Labute approximate surface area is 179 Å². The van der Waals surface area contributed by atoms with E-state index in [2.05, 4.69) is 0 Å². The van der Waals surface area contributed by atoms with Crippen LogP contribution in [0, 0.1) is 0 Å². The van der Waals surface area contributed by atoms with Crippen molar-refractivity contribution >= 4 is 16.3 Å². The van der Waals surface area contributed by atoms with E-state index in [4.69, 9.17) is 9.47 Å². The largest absolute Gasteiger partial charge is 0.497 e. The molecule has 1 saturated heterocycles. The molecule has 0 aromatic heterocycles. The van der Waals surface area contributed by atoms with Gasteiger partial charge in [0.05, 0.1) is 25.8 Å². The number of carbonyl (C=O) groups excluding carboxylic acids is 1. The lowest BCUT2D eigenvalue weighted by Crippen LogP contribution is -2.53. The first-order chi connectivity index (χ1) is 13.9. The van der Waals surface area contributed by atoms with Crippen LogP contribution in [0.4, 0.5) is 4.79 Å². The molecular formula is C20H33N3O6S. The topological polar surface area (TPSA) is 99.6 Å². The summed E-state index contributed by atoms with van der Waals surface area (Å²) in [4.78, 5) is 14.0. The van der Waals surface area contributed by atoms with Gasteiger partial charge >= 0.3 is 6.09 Å².